The van der Waals surface area contributed by atoms with Crippen molar-refractivity contribution < 1.29 is 0 Å². The molecule has 2 nitrogen and oxygen atoms in total. The molecule has 98 valence electrons. The van der Waals surface area contributed by atoms with E-state index in [-0.39, 0.29) is 0 Å². The largest absolute Gasteiger partial charge is 0.329 e. The van der Waals surface area contributed by atoms with Gasteiger partial charge >= 0.3 is 0 Å². The van der Waals surface area contributed by atoms with Gasteiger partial charge in [0.15, 0.2) is 0 Å². The number of rotatable bonds is 7. The maximum absolute atomic E-state index is 6.10. The molecule has 3 fully saturated rings. The van der Waals surface area contributed by atoms with Crippen molar-refractivity contribution in [3.05, 3.63) is 0 Å². The third-order valence-electron chi connectivity index (χ3n) is 5.03. The second kappa shape index (κ2) is 5.27. The zero-order chi connectivity index (χ0) is 11.7. The fraction of sp³-hybridized carbons (Fsp3) is 1.00. The second-order valence-corrected chi connectivity index (χ2v) is 6.69. The van der Waals surface area contributed by atoms with Crippen LogP contribution in [-0.4, -0.2) is 30.6 Å². The van der Waals surface area contributed by atoms with Crippen LogP contribution in [0.4, 0.5) is 0 Å². The molecule has 1 unspecified atom stereocenters. The van der Waals surface area contributed by atoms with Crippen LogP contribution < -0.4 is 5.73 Å². The van der Waals surface area contributed by atoms with Gasteiger partial charge in [-0.3, -0.25) is 4.90 Å². The van der Waals surface area contributed by atoms with Crippen LogP contribution in [0, 0.1) is 17.8 Å². The maximum atomic E-state index is 6.10. The lowest BCUT2D eigenvalue weighted by Gasteiger charge is -2.35. The van der Waals surface area contributed by atoms with Crippen molar-refractivity contribution in [1.82, 2.24) is 4.90 Å². The quantitative estimate of drug-likeness (QED) is 0.736. The smallest absolute Gasteiger partial charge is 0.0246 e. The molecule has 3 saturated carbocycles. The Balaban J connectivity index is 1.59. The molecular formula is C15H28N2. The van der Waals surface area contributed by atoms with Gasteiger partial charge in [-0.25, -0.2) is 0 Å². The van der Waals surface area contributed by atoms with Crippen molar-refractivity contribution in [1.29, 1.82) is 0 Å². The Bertz CT molecular complexity index is 225. The Hall–Kier alpha value is -0.0800. The van der Waals surface area contributed by atoms with Crippen LogP contribution >= 0.6 is 0 Å². The molecule has 3 aliphatic carbocycles. The molecule has 0 saturated heterocycles. The first-order chi connectivity index (χ1) is 8.36. The molecular weight excluding hydrogens is 208 g/mol. The molecule has 1 atom stereocenters. The summed E-state index contributed by atoms with van der Waals surface area (Å²) in [5.74, 6) is 2.95. The van der Waals surface area contributed by atoms with Crippen LogP contribution in [0.15, 0.2) is 0 Å². The fourth-order valence-corrected chi connectivity index (χ4v) is 3.59. The molecule has 0 amide bonds. The lowest BCUT2D eigenvalue weighted by Crippen LogP contribution is -2.46. The molecule has 0 aromatic heterocycles. The summed E-state index contributed by atoms with van der Waals surface area (Å²) >= 11 is 0. The molecule has 2 heteroatoms. The maximum Gasteiger partial charge on any atom is 0.0246 e. The summed E-state index contributed by atoms with van der Waals surface area (Å²) in [6.45, 7) is 3.60. The molecule has 0 spiro atoms. The van der Waals surface area contributed by atoms with Gasteiger partial charge in [0.1, 0.15) is 0 Å². The Morgan fingerprint density at radius 3 is 1.82 bits per heavy atom. The van der Waals surface area contributed by atoms with Crippen molar-refractivity contribution in [3.63, 3.8) is 0 Å². The minimum absolute atomic E-state index is 0.707. The highest BCUT2D eigenvalue weighted by Crippen LogP contribution is 2.37. The van der Waals surface area contributed by atoms with Gasteiger partial charge in [-0.05, 0) is 56.3 Å². The topological polar surface area (TPSA) is 29.3 Å². The van der Waals surface area contributed by atoms with Crippen LogP contribution in [0.25, 0.3) is 0 Å². The lowest BCUT2D eigenvalue weighted by molar-refractivity contribution is 0.134. The van der Waals surface area contributed by atoms with E-state index in [1.807, 2.05) is 0 Å². The fourth-order valence-electron chi connectivity index (χ4n) is 3.59. The van der Waals surface area contributed by atoms with Gasteiger partial charge in [0.05, 0.1) is 0 Å². The van der Waals surface area contributed by atoms with Crippen molar-refractivity contribution in [2.75, 3.05) is 19.6 Å². The molecule has 0 aromatic rings. The van der Waals surface area contributed by atoms with Gasteiger partial charge in [-0.2, -0.15) is 0 Å². The standard InChI is InChI=1S/C15H28N2/c16-9-15(14-3-1-2-4-14)17(10-12-5-6-12)11-13-7-8-13/h12-15H,1-11,16H2. The molecule has 17 heavy (non-hydrogen) atoms. The summed E-state index contributed by atoms with van der Waals surface area (Å²) in [4.78, 5) is 2.80. The third kappa shape index (κ3) is 3.23. The molecule has 0 aromatic carbocycles. The van der Waals surface area contributed by atoms with Crippen LogP contribution in [0.2, 0.25) is 0 Å². The first kappa shape index (κ1) is 12.0. The Kier molecular flexibility index (Phi) is 3.72. The highest BCUT2D eigenvalue weighted by Gasteiger charge is 2.35. The average molecular weight is 236 g/mol. The predicted octanol–water partition coefficient (Wildman–Crippen LogP) is 2.63. The molecule has 0 radical (unpaired) electrons. The highest BCUT2D eigenvalue weighted by atomic mass is 15.2. The third-order valence-corrected chi connectivity index (χ3v) is 5.03. The lowest BCUT2D eigenvalue weighted by atomic mass is 9.96. The van der Waals surface area contributed by atoms with E-state index in [0.29, 0.717) is 6.04 Å². The van der Waals surface area contributed by atoms with Crippen molar-refractivity contribution >= 4 is 0 Å². The normalized spacial score (nSPS) is 27.9. The minimum atomic E-state index is 0.707. The number of nitrogens with zero attached hydrogens (tertiary/aromatic N) is 1. The average Bonchev–Trinajstić information content (AvgIpc) is 3.24. The predicted molar refractivity (Wildman–Crippen MR) is 71.8 cm³/mol. The van der Waals surface area contributed by atoms with Crippen LogP contribution in [0.5, 0.6) is 0 Å². The monoisotopic (exact) mass is 236 g/mol. The van der Waals surface area contributed by atoms with Gasteiger partial charge in [-0.15, -0.1) is 0 Å². The second-order valence-electron chi connectivity index (χ2n) is 6.69. The van der Waals surface area contributed by atoms with Gasteiger partial charge in [0.2, 0.25) is 0 Å². The Morgan fingerprint density at radius 1 is 0.882 bits per heavy atom. The number of nitrogens with two attached hydrogens (primary N) is 1. The first-order valence-corrected chi connectivity index (χ1v) is 7.81. The summed E-state index contributed by atoms with van der Waals surface area (Å²) in [5.41, 5.74) is 6.10. The molecule has 0 heterocycles. The minimum Gasteiger partial charge on any atom is -0.329 e. The van der Waals surface area contributed by atoms with Crippen LogP contribution in [-0.2, 0) is 0 Å². The summed E-state index contributed by atoms with van der Waals surface area (Å²) in [6, 6.07) is 0.707. The summed E-state index contributed by atoms with van der Waals surface area (Å²) in [6.07, 6.45) is 11.7. The van der Waals surface area contributed by atoms with Crippen LogP contribution in [0.1, 0.15) is 51.4 Å². The molecule has 2 N–H and O–H groups in total. The van der Waals surface area contributed by atoms with Crippen LogP contribution in [0.3, 0.4) is 0 Å². The van der Waals surface area contributed by atoms with Crippen molar-refractivity contribution in [3.8, 4) is 0 Å². The molecule has 0 aliphatic heterocycles. The van der Waals surface area contributed by atoms with E-state index >= 15 is 0 Å². The van der Waals surface area contributed by atoms with E-state index < -0.39 is 0 Å². The van der Waals surface area contributed by atoms with E-state index in [9.17, 15) is 0 Å². The van der Waals surface area contributed by atoms with Gasteiger partial charge < -0.3 is 5.73 Å². The molecule has 3 aliphatic rings. The van der Waals surface area contributed by atoms with Gasteiger partial charge in [0, 0.05) is 25.7 Å². The Morgan fingerprint density at radius 2 is 1.41 bits per heavy atom. The first-order valence-electron chi connectivity index (χ1n) is 7.81. The van der Waals surface area contributed by atoms with Crippen molar-refractivity contribution in [2.45, 2.75) is 57.4 Å². The van der Waals surface area contributed by atoms with Gasteiger partial charge in [0.25, 0.3) is 0 Å². The van der Waals surface area contributed by atoms with Crippen molar-refractivity contribution in [2.24, 2.45) is 23.5 Å². The van der Waals surface area contributed by atoms with Gasteiger partial charge in [-0.1, -0.05) is 12.8 Å². The van der Waals surface area contributed by atoms with E-state index in [0.717, 1.165) is 24.3 Å². The SMILES string of the molecule is NCC(C1CCCC1)N(CC1CC1)CC1CC1. The number of hydrogen-bond donors (Lipinski definition) is 1. The summed E-state index contributed by atoms with van der Waals surface area (Å²) in [5, 5.41) is 0. The van der Waals surface area contributed by atoms with E-state index in [2.05, 4.69) is 4.90 Å². The Labute approximate surface area is 106 Å². The number of hydrogen-bond acceptors (Lipinski definition) is 2. The van der Waals surface area contributed by atoms with E-state index in [4.69, 9.17) is 5.73 Å². The molecule has 3 rings (SSSR count). The van der Waals surface area contributed by atoms with E-state index in [1.165, 1.54) is 64.5 Å². The summed E-state index contributed by atoms with van der Waals surface area (Å²) in [7, 11) is 0. The molecule has 0 bridgehead atoms. The highest BCUT2D eigenvalue weighted by molar-refractivity contribution is 4.90. The zero-order valence-corrected chi connectivity index (χ0v) is 11.1. The van der Waals surface area contributed by atoms with E-state index in [1.54, 1.807) is 0 Å². The zero-order valence-electron chi connectivity index (χ0n) is 11.1. The summed E-state index contributed by atoms with van der Waals surface area (Å²) < 4.78 is 0.